The number of esters is 1. The van der Waals surface area contributed by atoms with Gasteiger partial charge >= 0.3 is 5.97 Å². The van der Waals surface area contributed by atoms with Crippen molar-refractivity contribution in [3.63, 3.8) is 0 Å². The first-order chi connectivity index (χ1) is 14.0. The number of hydrogen-bond donors (Lipinski definition) is 0. The molecule has 4 rings (SSSR count). The Morgan fingerprint density at radius 1 is 1.21 bits per heavy atom. The highest BCUT2D eigenvalue weighted by Gasteiger charge is 2.51. The molecule has 1 aliphatic carbocycles. The van der Waals surface area contributed by atoms with Crippen LogP contribution in [0, 0.1) is 11.8 Å². The first-order valence-electron chi connectivity index (χ1n) is 9.58. The molecule has 0 unspecified atom stereocenters. The number of amides is 2. The molecule has 2 fully saturated rings. The number of halogens is 1. The molecule has 1 aromatic heterocycles. The standard InChI is InChI=1S/C20H20ClN3O5/c1-11(24-18(25)14-4-2-3-5-15(14)19(24)26)20(27)28-10-16-22-17(23-29-16)12-6-8-13(21)9-7-12/h6-9,11,14-15H,2-5,10H2,1H3/t11-,14+,15+/m0/s1. The summed E-state index contributed by atoms with van der Waals surface area (Å²) in [6.45, 7) is 1.26. The number of hydrogen-bond acceptors (Lipinski definition) is 7. The Morgan fingerprint density at radius 2 is 1.83 bits per heavy atom. The molecule has 2 amide bonds. The molecule has 29 heavy (non-hydrogen) atoms. The van der Waals surface area contributed by atoms with Crippen molar-refractivity contribution >= 4 is 29.4 Å². The van der Waals surface area contributed by atoms with Gasteiger partial charge in [0, 0.05) is 10.6 Å². The molecule has 2 aliphatic rings. The topological polar surface area (TPSA) is 103 Å². The molecule has 0 radical (unpaired) electrons. The van der Waals surface area contributed by atoms with E-state index in [9.17, 15) is 14.4 Å². The summed E-state index contributed by atoms with van der Waals surface area (Å²) in [6.07, 6.45) is 3.26. The van der Waals surface area contributed by atoms with E-state index in [2.05, 4.69) is 10.1 Å². The fourth-order valence-electron chi connectivity index (χ4n) is 3.96. The molecule has 1 aliphatic heterocycles. The van der Waals surface area contributed by atoms with Gasteiger partial charge in [-0.25, -0.2) is 4.79 Å². The molecule has 1 aromatic carbocycles. The number of nitrogens with zero attached hydrogens (tertiary/aromatic N) is 3. The van der Waals surface area contributed by atoms with Crippen molar-refractivity contribution in [2.75, 3.05) is 0 Å². The molecule has 0 bridgehead atoms. The molecule has 1 saturated carbocycles. The zero-order valence-electron chi connectivity index (χ0n) is 15.8. The van der Waals surface area contributed by atoms with Crippen LogP contribution in [-0.2, 0) is 25.7 Å². The van der Waals surface area contributed by atoms with Crippen LogP contribution in [-0.4, -0.2) is 38.9 Å². The molecule has 152 valence electrons. The van der Waals surface area contributed by atoms with Gasteiger partial charge in [0.05, 0.1) is 11.8 Å². The first kappa shape index (κ1) is 19.6. The van der Waals surface area contributed by atoms with Crippen LogP contribution in [0.2, 0.25) is 5.02 Å². The van der Waals surface area contributed by atoms with E-state index in [1.807, 2.05) is 0 Å². The van der Waals surface area contributed by atoms with E-state index in [0.717, 1.165) is 17.7 Å². The second-order valence-corrected chi connectivity index (χ2v) is 7.78. The number of benzene rings is 1. The molecule has 2 heterocycles. The maximum Gasteiger partial charge on any atom is 0.329 e. The lowest BCUT2D eigenvalue weighted by Crippen LogP contribution is -2.44. The molecule has 2 aromatic rings. The van der Waals surface area contributed by atoms with Gasteiger partial charge in [-0.05, 0) is 44.0 Å². The maximum absolute atomic E-state index is 12.6. The molecule has 3 atom stereocenters. The second-order valence-electron chi connectivity index (χ2n) is 7.35. The maximum atomic E-state index is 12.6. The number of rotatable bonds is 5. The van der Waals surface area contributed by atoms with Crippen LogP contribution in [0.3, 0.4) is 0 Å². The second kappa shape index (κ2) is 7.94. The zero-order valence-corrected chi connectivity index (χ0v) is 16.6. The Labute approximate surface area is 172 Å². The van der Waals surface area contributed by atoms with Crippen LogP contribution >= 0.6 is 11.6 Å². The fourth-order valence-corrected chi connectivity index (χ4v) is 4.08. The summed E-state index contributed by atoms with van der Waals surface area (Å²) in [5, 5.41) is 4.44. The van der Waals surface area contributed by atoms with E-state index in [-0.39, 0.29) is 36.1 Å². The summed E-state index contributed by atoms with van der Waals surface area (Å²) in [4.78, 5) is 42.9. The van der Waals surface area contributed by atoms with Gasteiger partial charge in [-0.15, -0.1) is 0 Å². The molecule has 0 spiro atoms. The van der Waals surface area contributed by atoms with E-state index in [1.54, 1.807) is 24.3 Å². The van der Waals surface area contributed by atoms with Crippen molar-refractivity contribution in [1.82, 2.24) is 15.0 Å². The average Bonchev–Trinajstić information content (AvgIpc) is 3.30. The van der Waals surface area contributed by atoms with Crippen LogP contribution in [0.4, 0.5) is 0 Å². The normalized spacial score (nSPS) is 22.5. The lowest BCUT2D eigenvalue weighted by Gasteiger charge is -2.21. The van der Waals surface area contributed by atoms with Crippen molar-refractivity contribution in [3.8, 4) is 11.4 Å². The number of fused-ring (bicyclic) bond motifs is 1. The minimum absolute atomic E-state index is 0.114. The Bertz CT molecular complexity index is 918. The van der Waals surface area contributed by atoms with Gasteiger partial charge < -0.3 is 9.26 Å². The summed E-state index contributed by atoms with van der Waals surface area (Å²) >= 11 is 5.86. The van der Waals surface area contributed by atoms with E-state index < -0.39 is 12.0 Å². The van der Waals surface area contributed by atoms with E-state index in [1.165, 1.54) is 6.92 Å². The molecule has 0 N–H and O–H groups in total. The number of ether oxygens (including phenoxy) is 1. The van der Waals surface area contributed by atoms with Crippen molar-refractivity contribution in [2.45, 2.75) is 45.3 Å². The zero-order chi connectivity index (χ0) is 20.5. The van der Waals surface area contributed by atoms with Gasteiger partial charge in [-0.1, -0.05) is 29.6 Å². The number of carbonyl (C=O) groups is 3. The molecule has 9 heteroatoms. The molecule has 1 saturated heterocycles. The summed E-state index contributed by atoms with van der Waals surface area (Å²) in [5.41, 5.74) is 0.708. The van der Waals surface area contributed by atoms with Crippen molar-refractivity contribution < 1.29 is 23.6 Å². The number of aromatic nitrogens is 2. The van der Waals surface area contributed by atoms with Crippen LogP contribution in [0.15, 0.2) is 28.8 Å². The summed E-state index contributed by atoms with van der Waals surface area (Å²) in [7, 11) is 0. The highest BCUT2D eigenvalue weighted by Crippen LogP contribution is 2.38. The summed E-state index contributed by atoms with van der Waals surface area (Å²) < 4.78 is 10.3. The van der Waals surface area contributed by atoms with Crippen molar-refractivity contribution in [1.29, 1.82) is 0 Å². The third-order valence-corrected chi connectivity index (χ3v) is 5.76. The quantitative estimate of drug-likeness (QED) is 0.544. The van der Waals surface area contributed by atoms with Gasteiger partial charge in [0.2, 0.25) is 17.6 Å². The Hall–Kier alpha value is -2.74. The minimum atomic E-state index is -0.987. The third kappa shape index (κ3) is 3.76. The van der Waals surface area contributed by atoms with Gasteiger partial charge in [0.25, 0.3) is 5.89 Å². The number of likely N-dealkylation sites (tertiary alicyclic amines) is 1. The Morgan fingerprint density at radius 3 is 2.45 bits per heavy atom. The largest absolute Gasteiger partial charge is 0.454 e. The van der Waals surface area contributed by atoms with Crippen LogP contribution in [0.1, 0.15) is 38.5 Å². The third-order valence-electron chi connectivity index (χ3n) is 5.51. The summed E-state index contributed by atoms with van der Waals surface area (Å²) in [5.74, 6) is -1.37. The lowest BCUT2D eigenvalue weighted by atomic mass is 9.81. The monoisotopic (exact) mass is 417 g/mol. The number of imide groups is 1. The van der Waals surface area contributed by atoms with Crippen molar-refractivity contribution in [2.24, 2.45) is 11.8 Å². The van der Waals surface area contributed by atoms with Gasteiger partial charge in [0.15, 0.2) is 6.61 Å². The van der Waals surface area contributed by atoms with E-state index in [0.29, 0.717) is 29.3 Å². The van der Waals surface area contributed by atoms with Gasteiger partial charge in [0.1, 0.15) is 6.04 Å². The number of carbonyl (C=O) groups excluding carboxylic acids is 3. The predicted octanol–water partition coefficient (Wildman–Crippen LogP) is 3.00. The van der Waals surface area contributed by atoms with Crippen LogP contribution < -0.4 is 0 Å². The van der Waals surface area contributed by atoms with Gasteiger partial charge in [-0.2, -0.15) is 4.98 Å². The predicted molar refractivity (Wildman–Crippen MR) is 101 cm³/mol. The van der Waals surface area contributed by atoms with Gasteiger partial charge in [-0.3, -0.25) is 14.5 Å². The van der Waals surface area contributed by atoms with E-state index in [4.69, 9.17) is 20.9 Å². The van der Waals surface area contributed by atoms with Crippen LogP contribution in [0.5, 0.6) is 0 Å². The lowest BCUT2D eigenvalue weighted by molar-refractivity contribution is -0.159. The highest BCUT2D eigenvalue weighted by atomic mass is 35.5. The summed E-state index contributed by atoms with van der Waals surface area (Å²) in [6, 6.07) is 5.91. The smallest absolute Gasteiger partial charge is 0.329 e. The molecular formula is C20H20ClN3O5. The minimum Gasteiger partial charge on any atom is -0.454 e. The fraction of sp³-hybridized carbons (Fsp3) is 0.450. The van der Waals surface area contributed by atoms with Crippen LogP contribution in [0.25, 0.3) is 11.4 Å². The highest BCUT2D eigenvalue weighted by molar-refractivity contribution is 6.30. The molecular weight excluding hydrogens is 398 g/mol. The van der Waals surface area contributed by atoms with E-state index >= 15 is 0 Å². The Balaban J connectivity index is 1.38. The Kier molecular flexibility index (Phi) is 5.36. The SMILES string of the molecule is C[C@@H](C(=O)OCc1nc(-c2ccc(Cl)cc2)no1)N1C(=O)[C@@H]2CCCC[C@H]2C1=O. The average molecular weight is 418 g/mol. The first-order valence-corrected chi connectivity index (χ1v) is 9.95. The van der Waals surface area contributed by atoms with Crippen molar-refractivity contribution in [3.05, 3.63) is 35.2 Å². The molecule has 8 nitrogen and oxygen atoms in total.